The summed E-state index contributed by atoms with van der Waals surface area (Å²) in [7, 11) is 0. The molecular weight excluding hydrogens is 214 g/mol. The van der Waals surface area contributed by atoms with Crippen molar-refractivity contribution in [2.75, 3.05) is 11.2 Å². The van der Waals surface area contributed by atoms with Crippen molar-refractivity contribution < 1.29 is 4.79 Å². The van der Waals surface area contributed by atoms with Gasteiger partial charge in [0.15, 0.2) is 0 Å². The minimum atomic E-state index is 0.559. The van der Waals surface area contributed by atoms with Crippen molar-refractivity contribution in [3.63, 3.8) is 0 Å². The second kappa shape index (κ2) is 5.12. The van der Waals surface area contributed by atoms with Crippen LogP contribution in [0, 0.1) is 6.92 Å². The van der Waals surface area contributed by atoms with Gasteiger partial charge in [-0.25, -0.2) is 0 Å². The third-order valence-electron chi connectivity index (χ3n) is 1.79. The molecule has 0 N–H and O–H groups in total. The first-order valence-electron chi connectivity index (χ1n) is 4.08. The molecule has 0 atom stereocenters. The van der Waals surface area contributed by atoms with Crippen molar-refractivity contribution in [3.8, 4) is 0 Å². The summed E-state index contributed by atoms with van der Waals surface area (Å²) < 4.78 is 0.559. The highest BCUT2D eigenvalue weighted by Crippen LogP contribution is 2.17. The Morgan fingerprint density at radius 1 is 1.43 bits per heavy atom. The maximum absolute atomic E-state index is 10.8. The van der Waals surface area contributed by atoms with E-state index in [1.165, 1.54) is 16.7 Å². The monoisotopic (exact) mass is 225 g/mol. The first-order valence-corrected chi connectivity index (χ1v) is 5.71. The molecule has 0 aromatic heterocycles. The standard InChI is InChI=1S/C10H11NOS2/c1-8-3-5-9(6-4-8)11(7-12)10(13)14-2/h3-7H,1-2H3. The number of hydrogen-bond acceptors (Lipinski definition) is 3. The van der Waals surface area contributed by atoms with Gasteiger partial charge in [0.05, 0.1) is 0 Å². The zero-order valence-electron chi connectivity index (χ0n) is 8.06. The van der Waals surface area contributed by atoms with E-state index < -0.39 is 0 Å². The second-order valence-corrected chi connectivity index (χ2v) is 4.22. The van der Waals surface area contributed by atoms with Gasteiger partial charge in [0, 0.05) is 5.69 Å². The number of amides is 1. The zero-order valence-corrected chi connectivity index (χ0v) is 9.69. The SMILES string of the molecule is CSC(=S)N(C=O)c1ccc(C)cc1. The third-order valence-corrected chi connectivity index (χ3v) is 3.03. The number of carbonyl (C=O) groups is 1. The molecule has 1 aromatic carbocycles. The summed E-state index contributed by atoms with van der Waals surface area (Å²) in [6, 6.07) is 7.67. The molecule has 1 rings (SSSR count). The summed E-state index contributed by atoms with van der Waals surface area (Å²) >= 11 is 6.43. The molecule has 0 radical (unpaired) electrons. The quantitative estimate of drug-likeness (QED) is 0.570. The van der Waals surface area contributed by atoms with Gasteiger partial charge in [-0.2, -0.15) is 0 Å². The molecule has 1 amide bonds. The van der Waals surface area contributed by atoms with Crippen molar-refractivity contribution in [1.29, 1.82) is 0 Å². The summed E-state index contributed by atoms with van der Waals surface area (Å²) in [5.41, 5.74) is 1.97. The maximum Gasteiger partial charge on any atom is 0.219 e. The van der Waals surface area contributed by atoms with Gasteiger partial charge in [-0.05, 0) is 25.3 Å². The number of hydrogen-bond donors (Lipinski definition) is 0. The van der Waals surface area contributed by atoms with E-state index in [-0.39, 0.29) is 0 Å². The number of anilines is 1. The van der Waals surface area contributed by atoms with Gasteiger partial charge < -0.3 is 0 Å². The fraction of sp³-hybridized carbons (Fsp3) is 0.200. The molecule has 0 aliphatic carbocycles. The lowest BCUT2D eigenvalue weighted by molar-refractivity contribution is -0.106. The van der Waals surface area contributed by atoms with E-state index >= 15 is 0 Å². The number of nitrogens with zero attached hydrogens (tertiary/aromatic N) is 1. The lowest BCUT2D eigenvalue weighted by Gasteiger charge is -2.16. The van der Waals surface area contributed by atoms with Crippen molar-refractivity contribution in [2.24, 2.45) is 0 Å². The Hall–Kier alpha value is -0.870. The third kappa shape index (κ3) is 2.56. The van der Waals surface area contributed by atoms with Crippen molar-refractivity contribution >= 4 is 40.4 Å². The number of thioether (sulfide) groups is 1. The van der Waals surface area contributed by atoms with Crippen LogP contribution in [0.3, 0.4) is 0 Å². The fourth-order valence-electron chi connectivity index (χ4n) is 1.01. The largest absolute Gasteiger partial charge is 0.278 e. The van der Waals surface area contributed by atoms with E-state index in [1.54, 1.807) is 0 Å². The summed E-state index contributed by atoms with van der Waals surface area (Å²) in [6.07, 6.45) is 2.59. The normalized spacial score (nSPS) is 9.57. The lowest BCUT2D eigenvalue weighted by atomic mass is 10.2. The summed E-state index contributed by atoms with van der Waals surface area (Å²) in [5.74, 6) is 0. The molecule has 0 aliphatic heterocycles. The Labute approximate surface area is 93.3 Å². The molecule has 0 saturated heterocycles. The summed E-state index contributed by atoms with van der Waals surface area (Å²) in [6.45, 7) is 2.00. The summed E-state index contributed by atoms with van der Waals surface area (Å²) in [5, 5.41) is 0. The molecule has 0 spiro atoms. The van der Waals surface area contributed by atoms with Crippen LogP contribution in [-0.4, -0.2) is 17.0 Å². The number of benzene rings is 1. The minimum Gasteiger partial charge on any atom is -0.278 e. The first-order chi connectivity index (χ1) is 6.69. The topological polar surface area (TPSA) is 20.3 Å². The summed E-state index contributed by atoms with van der Waals surface area (Å²) in [4.78, 5) is 12.3. The van der Waals surface area contributed by atoms with Gasteiger partial charge in [0.25, 0.3) is 0 Å². The smallest absolute Gasteiger partial charge is 0.219 e. The molecule has 0 bridgehead atoms. The van der Waals surface area contributed by atoms with Crippen molar-refractivity contribution in [2.45, 2.75) is 6.92 Å². The van der Waals surface area contributed by atoms with Crippen LogP contribution in [0.25, 0.3) is 0 Å². The van der Waals surface area contributed by atoms with E-state index in [2.05, 4.69) is 0 Å². The molecule has 74 valence electrons. The Morgan fingerprint density at radius 2 is 2.00 bits per heavy atom. The second-order valence-electron chi connectivity index (χ2n) is 2.78. The molecule has 0 fully saturated rings. The average molecular weight is 225 g/mol. The molecule has 14 heavy (non-hydrogen) atoms. The molecule has 4 heteroatoms. The number of thiocarbonyl (C=S) groups is 1. The van der Waals surface area contributed by atoms with Gasteiger partial charge in [-0.1, -0.05) is 41.7 Å². The van der Waals surface area contributed by atoms with Gasteiger partial charge in [-0.15, -0.1) is 0 Å². The van der Waals surface area contributed by atoms with Crippen LogP contribution in [-0.2, 0) is 4.79 Å². The van der Waals surface area contributed by atoms with Crippen LogP contribution in [0.4, 0.5) is 5.69 Å². The Bertz CT molecular complexity index is 334. The van der Waals surface area contributed by atoms with Gasteiger partial charge in [-0.3, -0.25) is 9.69 Å². The van der Waals surface area contributed by atoms with E-state index in [0.29, 0.717) is 4.32 Å². The fourth-order valence-corrected chi connectivity index (χ4v) is 1.51. The van der Waals surface area contributed by atoms with E-state index in [1.807, 2.05) is 37.4 Å². The highest BCUT2D eigenvalue weighted by molar-refractivity contribution is 8.23. The number of carbonyl (C=O) groups excluding carboxylic acids is 1. The average Bonchev–Trinajstić information content (AvgIpc) is 2.21. The molecular formula is C10H11NOS2. The molecule has 0 heterocycles. The van der Waals surface area contributed by atoms with E-state index in [4.69, 9.17) is 12.2 Å². The molecule has 0 saturated carbocycles. The molecule has 1 aromatic rings. The van der Waals surface area contributed by atoms with Crippen LogP contribution in [0.15, 0.2) is 24.3 Å². The van der Waals surface area contributed by atoms with Gasteiger partial charge in [0.2, 0.25) is 6.41 Å². The Morgan fingerprint density at radius 3 is 2.43 bits per heavy atom. The molecule has 0 unspecified atom stereocenters. The number of rotatable bonds is 2. The van der Waals surface area contributed by atoms with Crippen LogP contribution in [0.1, 0.15) is 5.56 Å². The van der Waals surface area contributed by atoms with Crippen molar-refractivity contribution in [3.05, 3.63) is 29.8 Å². The Balaban J connectivity index is 2.95. The highest BCUT2D eigenvalue weighted by atomic mass is 32.2. The lowest BCUT2D eigenvalue weighted by Crippen LogP contribution is -2.24. The van der Waals surface area contributed by atoms with E-state index in [9.17, 15) is 4.79 Å². The predicted octanol–water partition coefficient (Wildman–Crippen LogP) is 2.61. The predicted molar refractivity (Wildman–Crippen MR) is 65.8 cm³/mol. The van der Waals surface area contributed by atoms with Crippen LogP contribution < -0.4 is 4.90 Å². The highest BCUT2D eigenvalue weighted by Gasteiger charge is 2.08. The zero-order chi connectivity index (χ0) is 10.6. The minimum absolute atomic E-state index is 0.559. The van der Waals surface area contributed by atoms with Crippen LogP contribution in [0.2, 0.25) is 0 Å². The Kier molecular flexibility index (Phi) is 4.10. The van der Waals surface area contributed by atoms with Gasteiger partial charge >= 0.3 is 0 Å². The van der Waals surface area contributed by atoms with Crippen molar-refractivity contribution in [1.82, 2.24) is 0 Å². The van der Waals surface area contributed by atoms with E-state index in [0.717, 1.165) is 17.7 Å². The molecule has 0 aliphatic rings. The number of aryl methyl sites for hydroxylation is 1. The maximum atomic E-state index is 10.8. The first kappa shape index (κ1) is 11.2. The van der Waals surface area contributed by atoms with Gasteiger partial charge in [0.1, 0.15) is 4.32 Å². The molecule has 2 nitrogen and oxygen atoms in total. The van der Waals surface area contributed by atoms with Crippen LogP contribution >= 0.6 is 24.0 Å². The van der Waals surface area contributed by atoms with Crippen LogP contribution in [0.5, 0.6) is 0 Å².